The Balaban J connectivity index is 1.60. The average molecular weight is 415 g/mol. The smallest absolute Gasteiger partial charge is 0.170 e. The third-order valence-electron chi connectivity index (χ3n) is 3.34. The molecular formula is C18H20Cl2N2OS2. The highest BCUT2D eigenvalue weighted by Gasteiger charge is 2.03. The molecule has 0 amide bonds. The number of thioether (sulfide) groups is 1. The molecular weight excluding hydrogens is 395 g/mol. The molecule has 0 spiro atoms. The number of anilines is 1. The number of methoxy groups -OCH3 is 1. The van der Waals surface area contributed by atoms with E-state index < -0.39 is 0 Å². The normalized spacial score (nSPS) is 10.4. The van der Waals surface area contributed by atoms with Gasteiger partial charge in [-0.1, -0.05) is 35.3 Å². The van der Waals surface area contributed by atoms with E-state index in [1.54, 1.807) is 19.2 Å². The quantitative estimate of drug-likeness (QED) is 0.433. The molecule has 2 aromatic carbocycles. The maximum atomic E-state index is 6.09. The Hall–Kier alpha value is -1.14. The lowest BCUT2D eigenvalue weighted by Crippen LogP contribution is -2.29. The SMILES string of the molecule is COc1ccc(NC(=S)NCCCSCc2ccc(Cl)cc2)cc1Cl. The summed E-state index contributed by atoms with van der Waals surface area (Å²) in [5, 5.41) is 8.23. The standard InChI is InChI=1S/C18H20Cl2N2OS2/c1-23-17-8-7-15(11-16(17)20)22-18(24)21-9-2-10-25-12-13-3-5-14(19)6-4-13/h3-8,11H,2,9-10,12H2,1H3,(H2,21,22,24). The molecule has 0 aliphatic rings. The van der Waals surface area contributed by atoms with Gasteiger partial charge in [-0.15, -0.1) is 0 Å². The van der Waals surface area contributed by atoms with E-state index in [9.17, 15) is 0 Å². The average Bonchev–Trinajstić information content (AvgIpc) is 2.59. The van der Waals surface area contributed by atoms with Crippen molar-refractivity contribution in [1.29, 1.82) is 0 Å². The second-order valence-electron chi connectivity index (χ2n) is 5.26. The Labute approximate surface area is 168 Å². The molecule has 0 atom stereocenters. The molecule has 2 aromatic rings. The van der Waals surface area contributed by atoms with Crippen LogP contribution in [0.3, 0.4) is 0 Å². The molecule has 0 aliphatic carbocycles. The van der Waals surface area contributed by atoms with Gasteiger partial charge in [-0.3, -0.25) is 0 Å². The molecule has 0 saturated heterocycles. The van der Waals surface area contributed by atoms with Crippen molar-refractivity contribution in [2.24, 2.45) is 0 Å². The summed E-state index contributed by atoms with van der Waals surface area (Å²) < 4.78 is 5.13. The minimum absolute atomic E-state index is 0.550. The number of benzene rings is 2. The highest BCUT2D eigenvalue weighted by Crippen LogP contribution is 2.27. The van der Waals surface area contributed by atoms with Gasteiger partial charge in [0.1, 0.15) is 5.75 Å². The first-order chi connectivity index (χ1) is 12.1. The van der Waals surface area contributed by atoms with E-state index in [1.807, 2.05) is 30.0 Å². The number of nitrogens with one attached hydrogen (secondary N) is 2. The largest absolute Gasteiger partial charge is 0.495 e. The lowest BCUT2D eigenvalue weighted by Gasteiger charge is -2.11. The fourth-order valence-electron chi connectivity index (χ4n) is 2.07. The molecule has 0 fully saturated rings. The van der Waals surface area contributed by atoms with Crippen LogP contribution in [0.4, 0.5) is 5.69 Å². The van der Waals surface area contributed by atoms with Crippen LogP contribution >= 0.6 is 47.2 Å². The number of halogens is 2. The van der Waals surface area contributed by atoms with Gasteiger partial charge in [0, 0.05) is 23.0 Å². The second-order valence-corrected chi connectivity index (χ2v) is 7.62. The zero-order chi connectivity index (χ0) is 18.1. The summed E-state index contributed by atoms with van der Waals surface area (Å²) in [6.45, 7) is 0.823. The fourth-order valence-corrected chi connectivity index (χ4v) is 3.59. The van der Waals surface area contributed by atoms with E-state index in [4.69, 9.17) is 40.2 Å². The van der Waals surface area contributed by atoms with Crippen LogP contribution in [0.15, 0.2) is 42.5 Å². The minimum Gasteiger partial charge on any atom is -0.495 e. The third-order valence-corrected chi connectivity index (χ3v) is 5.25. The lowest BCUT2D eigenvalue weighted by molar-refractivity contribution is 0.415. The van der Waals surface area contributed by atoms with Crippen LogP contribution < -0.4 is 15.4 Å². The summed E-state index contributed by atoms with van der Waals surface area (Å²) >= 11 is 19.2. The van der Waals surface area contributed by atoms with Crippen LogP contribution in [-0.2, 0) is 5.75 Å². The Bertz CT molecular complexity index is 696. The minimum atomic E-state index is 0.550. The molecule has 2 N–H and O–H groups in total. The van der Waals surface area contributed by atoms with Gasteiger partial charge in [0.25, 0.3) is 0 Å². The van der Waals surface area contributed by atoms with E-state index in [0.717, 1.165) is 35.2 Å². The van der Waals surface area contributed by atoms with Crippen molar-refractivity contribution in [2.75, 3.05) is 24.7 Å². The summed E-state index contributed by atoms with van der Waals surface area (Å²) in [6.07, 6.45) is 1.03. The van der Waals surface area contributed by atoms with Crippen molar-refractivity contribution in [3.63, 3.8) is 0 Å². The summed E-state index contributed by atoms with van der Waals surface area (Å²) in [5.74, 6) is 2.69. The van der Waals surface area contributed by atoms with Crippen molar-refractivity contribution in [3.8, 4) is 5.75 Å². The maximum absolute atomic E-state index is 6.09. The molecule has 7 heteroatoms. The predicted molar refractivity (Wildman–Crippen MR) is 114 cm³/mol. The van der Waals surface area contributed by atoms with Gasteiger partial charge in [-0.25, -0.2) is 0 Å². The third kappa shape index (κ3) is 7.32. The molecule has 0 heterocycles. The molecule has 0 aliphatic heterocycles. The van der Waals surface area contributed by atoms with E-state index in [0.29, 0.717) is 15.9 Å². The number of thiocarbonyl (C=S) groups is 1. The zero-order valence-corrected chi connectivity index (χ0v) is 17.0. The molecule has 0 unspecified atom stereocenters. The molecule has 3 nitrogen and oxygen atoms in total. The molecule has 0 radical (unpaired) electrons. The zero-order valence-electron chi connectivity index (χ0n) is 13.9. The van der Waals surface area contributed by atoms with E-state index >= 15 is 0 Å². The van der Waals surface area contributed by atoms with Crippen LogP contribution in [0.25, 0.3) is 0 Å². The Morgan fingerprint density at radius 1 is 1.16 bits per heavy atom. The second kappa shape index (κ2) is 10.8. The van der Waals surface area contributed by atoms with Gasteiger partial charge in [0.2, 0.25) is 0 Å². The molecule has 0 aromatic heterocycles. The molecule has 2 rings (SSSR count). The predicted octanol–water partition coefficient (Wildman–Crippen LogP) is 5.61. The lowest BCUT2D eigenvalue weighted by atomic mass is 10.2. The number of hydrogen-bond acceptors (Lipinski definition) is 3. The maximum Gasteiger partial charge on any atom is 0.170 e. The molecule has 25 heavy (non-hydrogen) atoms. The van der Waals surface area contributed by atoms with Crippen molar-refractivity contribution >= 4 is 58.0 Å². The summed E-state index contributed by atoms with van der Waals surface area (Å²) in [7, 11) is 1.59. The van der Waals surface area contributed by atoms with E-state index in [-0.39, 0.29) is 0 Å². The molecule has 134 valence electrons. The topological polar surface area (TPSA) is 33.3 Å². The van der Waals surface area contributed by atoms with Gasteiger partial charge < -0.3 is 15.4 Å². The van der Waals surface area contributed by atoms with Gasteiger partial charge in [-0.2, -0.15) is 11.8 Å². The Morgan fingerprint density at radius 2 is 1.92 bits per heavy atom. The van der Waals surface area contributed by atoms with E-state index in [1.165, 1.54) is 5.56 Å². The first kappa shape index (κ1) is 20.2. The number of rotatable bonds is 8. The van der Waals surface area contributed by atoms with Crippen LogP contribution in [0.1, 0.15) is 12.0 Å². The van der Waals surface area contributed by atoms with Gasteiger partial charge in [0.15, 0.2) is 5.11 Å². The van der Waals surface area contributed by atoms with Crippen molar-refractivity contribution in [2.45, 2.75) is 12.2 Å². The fraction of sp³-hybridized carbons (Fsp3) is 0.278. The van der Waals surface area contributed by atoms with Gasteiger partial charge in [-0.05, 0) is 60.3 Å². The van der Waals surface area contributed by atoms with Crippen LogP contribution in [0.2, 0.25) is 10.0 Å². The summed E-state index contributed by atoms with van der Waals surface area (Å²) in [6, 6.07) is 13.4. The molecule has 0 saturated carbocycles. The van der Waals surface area contributed by atoms with Crippen molar-refractivity contribution in [1.82, 2.24) is 5.32 Å². The first-order valence-electron chi connectivity index (χ1n) is 7.79. The highest BCUT2D eigenvalue weighted by molar-refractivity contribution is 7.98. The van der Waals surface area contributed by atoms with Gasteiger partial charge in [0.05, 0.1) is 12.1 Å². The van der Waals surface area contributed by atoms with E-state index in [2.05, 4.69) is 22.8 Å². The van der Waals surface area contributed by atoms with Crippen LogP contribution in [0, 0.1) is 0 Å². The number of hydrogen-bond donors (Lipinski definition) is 2. The monoisotopic (exact) mass is 414 g/mol. The van der Waals surface area contributed by atoms with Crippen molar-refractivity contribution < 1.29 is 4.74 Å². The van der Waals surface area contributed by atoms with Crippen LogP contribution in [0.5, 0.6) is 5.75 Å². The highest BCUT2D eigenvalue weighted by atomic mass is 35.5. The van der Waals surface area contributed by atoms with Crippen LogP contribution in [-0.4, -0.2) is 24.5 Å². The van der Waals surface area contributed by atoms with Crippen molar-refractivity contribution in [3.05, 3.63) is 58.1 Å². The Morgan fingerprint density at radius 3 is 2.60 bits per heavy atom. The van der Waals surface area contributed by atoms with Gasteiger partial charge >= 0.3 is 0 Å². The number of ether oxygens (including phenoxy) is 1. The Kier molecular flexibility index (Phi) is 8.68. The summed E-state index contributed by atoms with van der Waals surface area (Å²) in [4.78, 5) is 0. The first-order valence-corrected chi connectivity index (χ1v) is 10.1. The molecule has 0 bridgehead atoms. The summed E-state index contributed by atoms with van der Waals surface area (Å²) in [5.41, 5.74) is 2.12.